The highest BCUT2D eigenvalue weighted by molar-refractivity contribution is 5.85. The number of benzene rings is 2. The van der Waals surface area contributed by atoms with E-state index in [0.29, 0.717) is 0 Å². The van der Waals surface area contributed by atoms with Gasteiger partial charge in [0.2, 0.25) is 0 Å². The van der Waals surface area contributed by atoms with Crippen LogP contribution in [0.2, 0.25) is 0 Å². The number of aliphatic hydroxyl groups is 1. The largest absolute Gasteiger partial charge is 0.396 e. The highest BCUT2D eigenvalue weighted by Gasteiger charge is 2.33. The number of nitrogens with one attached hydrogen (secondary N) is 1. The van der Waals surface area contributed by atoms with Gasteiger partial charge in [0.25, 0.3) is 0 Å². The molecule has 0 spiro atoms. The first-order valence-corrected chi connectivity index (χ1v) is 7.69. The van der Waals surface area contributed by atoms with Crippen molar-refractivity contribution < 1.29 is 9.84 Å². The summed E-state index contributed by atoms with van der Waals surface area (Å²) < 4.78 is 5.53. The fourth-order valence-corrected chi connectivity index (χ4v) is 3.22. The third kappa shape index (κ3) is 3.26. The standard InChI is InChI=1S/C18H23NO2/c20-10-8-18(9-11-21-14-18)13-19-12-16-6-3-5-15-4-1-2-7-17(15)16/h1-7,19-20H,8-14H2. The SMILES string of the molecule is OCCC1(CNCc2cccc3ccccc23)CCOC1. The van der Waals surface area contributed by atoms with Gasteiger partial charge in [-0.1, -0.05) is 42.5 Å². The van der Waals surface area contributed by atoms with Crippen molar-refractivity contribution in [1.82, 2.24) is 5.32 Å². The summed E-state index contributed by atoms with van der Waals surface area (Å²) in [5.74, 6) is 0. The van der Waals surface area contributed by atoms with Crippen LogP contribution in [0.5, 0.6) is 0 Å². The molecule has 1 aliphatic heterocycles. The molecular formula is C18H23NO2. The number of hydrogen-bond acceptors (Lipinski definition) is 3. The van der Waals surface area contributed by atoms with Crippen molar-refractivity contribution in [2.75, 3.05) is 26.4 Å². The fourth-order valence-electron chi connectivity index (χ4n) is 3.22. The van der Waals surface area contributed by atoms with Gasteiger partial charge in [0.1, 0.15) is 0 Å². The zero-order valence-electron chi connectivity index (χ0n) is 12.3. The molecule has 1 fully saturated rings. The Hall–Kier alpha value is -1.42. The Morgan fingerprint density at radius 1 is 1.14 bits per heavy atom. The van der Waals surface area contributed by atoms with Crippen LogP contribution in [-0.4, -0.2) is 31.5 Å². The van der Waals surface area contributed by atoms with E-state index in [0.717, 1.165) is 39.1 Å². The number of ether oxygens (including phenoxy) is 1. The summed E-state index contributed by atoms with van der Waals surface area (Å²) >= 11 is 0. The van der Waals surface area contributed by atoms with E-state index in [1.54, 1.807) is 0 Å². The van der Waals surface area contributed by atoms with Crippen LogP contribution in [0.25, 0.3) is 10.8 Å². The maximum atomic E-state index is 9.27. The molecule has 0 aromatic heterocycles. The van der Waals surface area contributed by atoms with Crippen molar-refractivity contribution in [3.8, 4) is 0 Å². The van der Waals surface area contributed by atoms with Crippen molar-refractivity contribution >= 4 is 10.8 Å². The highest BCUT2D eigenvalue weighted by Crippen LogP contribution is 2.31. The molecule has 0 amide bonds. The molecule has 0 saturated carbocycles. The van der Waals surface area contributed by atoms with E-state index in [4.69, 9.17) is 4.74 Å². The molecule has 3 nitrogen and oxygen atoms in total. The molecule has 0 bridgehead atoms. The van der Waals surface area contributed by atoms with Gasteiger partial charge in [-0.25, -0.2) is 0 Å². The minimum Gasteiger partial charge on any atom is -0.396 e. The van der Waals surface area contributed by atoms with Crippen LogP contribution in [0.3, 0.4) is 0 Å². The summed E-state index contributed by atoms with van der Waals surface area (Å²) in [6.07, 6.45) is 1.85. The first-order chi connectivity index (χ1) is 10.3. The first-order valence-electron chi connectivity index (χ1n) is 7.69. The van der Waals surface area contributed by atoms with Crippen LogP contribution < -0.4 is 5.32 Å². The summed E-state index contributed by atoms with van der Waals surface area (Å²) in [7, 11) is 0. The zero-order chi connectivity index (χ0) is 14.5. The second-order valence-electron chi connectivity index (χ2n) is 6.02. The predicted octanol–water partition coefficient (Wildman–Crippen LogP) is 2.72. The summed E-state index contributed by atoms with van der Waals surface area (Å²) in [6, 6.07) is 14.9. The summed E-state index contributed by atoms with van der Waals surface area (Å²) in [6.45, 7) is 3.57. The van der Waals surface area contributed by atoms with E-state index >= 15 is 0 Å². The molecule has 112 valence electrons. The molecule has 1 unspecified atom stereocenters. The van der Waals surface area contributed by atoms with Gasteiger partial charge in [0, 0.05) is 31.7 Å². The van der Waals surface area contributed by atoms with Gasteiger partial charge in [-0.05, 0) is 29.2 Å². The van der Waals surface area contributed by atoms with Crippen LogP contribution in [0.1, 0.15) is 18.4 Å². The van der Waals surface area contributed by atoms with E-state index in [9.17, 15) is 5.11 Å². The predicted molar refractivity (Wildman–Crippen MR) is 85.2 cm³/mol. The van der Waals surface area contributed by atoms with Crippen molar-refractivity contribution in [3.05, 3.63) is 48.0 Å². The van der Waals surface area contributed by atoms with Gasteiger partial charge in [-0.15, -0.1) is 0 Å². The van der Waals surface area contributed by atoms with Crippen molar-refractivity contribution in [2.45, 2.75) is 19.4 Å². The topological polar surface area (TPSA) is 41.5 Å². The molecule has 2 N–H and O–H groups in total. The smallest absolute Gasteiger partial charge is 0.0536 e. The van der Waals surface area contributed by atoms with E-state index < -0.39 is 0 Å². The van der Waals surface area contributed by atoms with Crippen molar-refractivity contribution in [3.63, 3.8) is 0 Å². The average molecular weight is 285 g/mol. The van der Waals surface area contributed by atoms with E-state index in [-0.39, 0.29) is 12.0 Å². The number of aliphatic hydroxyl groups excluding tert-OH is 1. The monoisotopic (exact) mass is 285 g/mol. The third-order valence-corrected chi connectivity index (χ3v) is 4.52. The normalized spacial score (nSPS) is 22.0. The maximum absolute atomic E-state index is 9.27. The average Bonchev–Trinajstić information content (AvgIpc) is 2.97. The number of fused-ring (bicyclic) bond motifs is 1. The van der Waals surface area contributed by atoms with Crippen LogP contribution in [0.15, 0.2) is 42.5 Å². The number of rotatable bonds is 6. The lowest BCUT2D eigenvalue weighted by Crippen LogP contribution is -2.35. The van der Waals surface area contributed by atoms with E-state index in [2.05, 4.69) is 47.8 Å². The minimum atomic E-state index is 0.110. The third-order valence-electron chi connectivity index (χ3n) is 4.52. The second-order valence-corrected chi connectivity index (χ2v) is 6.02. The van der Waals surface area contributed by atoms with Gasteiger partial charge < -0.3 is 15.2 Å². The summed E-state index contributed by atoms with van der Waals surface area (Å²) in [5, 5.41) is 15.4. The fraction of sp³-hybridized carbons (Fsp3) is 0.444. The lowest BCUT2D eigenvalue weighted by molar-refractivity contribution is 0.124. The summed E-state index contributed by atoms with van der Waals surface area (Å²) in [5.41, 5.74) is 1.44. The van der Waals surface area contributed by atoms with Crippen LogP contribution in [0, 0.1) is 5.41 Å². The van der Waals surface area contributed by atoms with Crippen LogP contribution in [0.4, 0.5) is 0 Å². The molecule has 3 rings (SSSR count). The Morgan fingerprint density at radius 3 is 2.81 bits per heavy atom. The zero-order valence-corrected chi connectivity index (χ0v) is 12.3. The second kappa shape index (κ2) is 6.56. The van der Waals surface area contributed by atoms with Crippen molar-refractivity contribution in [2.24, 2.45) is 5.41 Å². The van der Waals surface area contributed by atoms with Gasteiger partial charge in [-0.2, -0.15) is 0 Å². The van der Waals surface area contributed by atoms with E-state index in [1.807, 2.05) is 0 Å². The molecule has 1 atom stereocenters. The lowest BCUT2D eigenvalue weighted by Gasteiger charge is -2.27. The Bertz CT molecular complexity index is 585. The molecule has 1 aliphatic rings. The number of hydrogen-bond donors (Lipinski definition) is 2. The van der Waals surface area contributed by atoms with Gasteiger partial charge in [0.05, 0.1) is 6.61 Å². The van der Waals surface area contributed by atoms with Gasteiger partial charge >= 0.3 is 0 Å². The first kappa shape index (κ1) is 14.5. The van der Waals surface area contributed by atoms with Gasteiger partial charge in [-0.3, -0.25) is 0 Å². The molecule has 3 heteroatoms. The molecule has 0 aliphatic carbocycles. The van der Waals surface area contributed by atoms with Crippen LogP contribution >= 0.6 is 0 Å². The van der Waals surface area contributed by atoms with E-state index in [1.165, 1.54) is 16.3 Å². The Balaban J connectivity index is 1.66. The molecule has 1 heterocycles. The molecule has 21 heavy (non-hydrogen) atoms. The van der Waals surface area contributed by atoms with Crippen molar-refractivity contribution in [1.29, 1.82) is 0 Å². The highest BCUT2D eigenvalue weighted by atomic mass is 16.5. The molecule has 2 aromatic rings. The Kier molecular flexibility index (Phi) is 4.54. The molecule has 0 radical (unpaired) electrons. The molecule has 1 saturated heterocycles. The Labute approximate surface area is 125 Å². The maximum Gasteiger partial charge on any atom is 0.0536 e. The molecular weight excluding hydrogens is 262 g/mol. The Morgan fingerprint density at radius 2 is 2.00 bits per heavy atom. The van der Waals surface area contributed by atoms with Crippen LogP contribution in [-0.2, 0) is 11.3 Å². The molecule has 2 aromatic carbocycles. The quantitative estimate of drug-likeness (QED) is 0.857. The summed E-state index contributed by atoms with van der Waals surface area (Å²) in [4.78, 5) is 0. The lowest BCUT2D eigenvalue weighted by atomic mass is 9.84. The van der Waals surface area contributed by atoms with Gasteiger partial charge in [0.15, 0.2) is 0 Å². The minimum absolute atomic E-state index is 0.110.